The Bertz CT molecular complexity index is 576. The summed E-state index contributed by atoms with van der Waals surface area (Å²) >= 11 is 0.895. The van der Waals surface area contributed by atoms with Crippen LogP contribution >= 0.6 is 11.8 Å². The number of carboxylic acids is 1. The number of rotatable bonds is 5. The third kappa shape index (κ3) is 3.25. The Morgan fingerprint density at radius 3 is 2.89 bits per heavy atom. The molecule has 0 aromatic carbocycles. The van der Waals surface area contributed by atoms with E-state index in [4.69, 9.17) is 5.11 Å². The molecule has 6 nitrogen and oxygen atoms in total. The van der Waals surface area contributed by atoms with Gasteiger partial charge in [0.2, 0.25) is 0 Å². The molecular formula is C10H8F2N4O2S. The summed E-state index contributed by atoms with van der Waals surface area (Å²) in [4.78, 5) is 18.1. The second-order valence-corrected chi connectivity index (χ2v) is 4.37. The van der Waals surface area contributed by atoms with Crippen molar-refractivity contribution in [2.75, 3.05) is 5.75 Å². The summed E-state index contributed by atoms with van der Waals surface area (Å²) in [5.74, 6) is -0.992. The van der Waals surface area contributed by atoms with Crippen molar-refractivity contribution in [2.24, 2.45) is 0 Å². The van der Waals surface area contributed by atoms with E-state index in [9.17, 15) is 13.6 Å². The molecule has 2 rings (SSSR count). The first kappa shape index (κ1) is 13.4. The van der Waals surface area contributed by atoms with Gasteiger partial charge in [0.15, 0.2) is 5.82 Å². The molecule has 19 heavy (non-hydrogen) atoms. The van der Waals surface area contributed by atoms with Gasteiger partial charge in [-0.1, -0.05) is 11.8 Å². The Morgan fingerprint density at radius 1 is 1.53 bits per heavy atom. The lowest BCUT2D eigenvalue weighted by Crippen LogP contribution is -2.04. The van der Waals surface area contributed by atoms with Gasteiger partial charge in [0.05, 0.1) is 5.75 Å². The molecule has 0 unspecified atom stereocenters. The van der Waals surface area contributed by atoms with Crippen molar-refractivity contribution in [3.8, 4) is 5.82 Å². The van der Waals surface area contributed by atoms with Crippen LogP contribution in [-0.4, -0.2) is 36.6 Å². The maximum absolute atomic E-state index is 12.6. The molecular weight excluding hydrogens is 278 g/mol. The number of carboxylic acid groups (broad SMARTS) is 1. The van der Waals surface area contributed by atoms with Gasteiger partial charge < -0.3 is 5.11 Å². The first-order chi connectivity index (χ1) is 9.08. The van der Waals surface area contributed by atoms with Crippen LogP contribution < -0.4 is 0 Å². The average molecular weight is 286 g/mol. The lowest BCUT2D eigenvalue weighted by atomic mass is 10.5. The van der Waals surface area contributed by atoms with E-state index in [1.54, 1.807) is 0 Å². The number of aliphatic carboxylic acids is 1. The van der Waals surface area contributed by atoms with E-state index in [0.29, 0.717) is 5.82 Å². The molecule has 2 aromatic rings. The van der Waals surface area contributed by atoms with Gasteiger partial charge in [-0.25, -0.2) is 23.4 Å². The summed E-state index contributed by atoms with van der Waals surface area (Å²) in [6.07, 6.45) is -0.0326. The lowest BCUT2D eigenvalue weighted by molar-refractivity contribution is -0.133. The summed E-state index contributed by atoms with van der Waals surface area (Å²) in [7, 11) is 0. The SMILES string of the molecule is O=C(O)CSc1cc(C(F)F)nn1-c1ccncn1. The Kier molecular flexibility index (Phi) is 4.05. The Labute approximate surface area is 110 Å². The summed E-state index contributed by atoms with van der Waals surface area (Å²) in [6.45, 7) is 0. The van der Waals surface area contributed by atoms with E-state index < -0.39 is 18.1 Å². The fourth-order valence-corrected chi connectivity index (χ4v) is 2.03. The van der Waals surface area contributed by atoms with Crippen LogP contribution in [0.5, 0.6) is 0 Å². The highest BCUT2D eigenvalue weighted by Crippen LogP contribution is 2.26. The van der Waals surface area contributed by atoms with E-state index in [-0.39, 0.29) is 10.8 Å². The monoisotopic (exact) mass is 286 g/mol. The number of thioether (sulfide) groups is 1. The van der Waals surface area contributed by atoms with Crippen LogP contribution in [0.1, 0.15) is 12.1 Å². The molecule has 0 amide bonds. The summed E-state index contributed by atoms with van der Waals surface area (Å²) < 4.78 is 26.5. The summed E-state index contributed by atoms with van der Waals surface area (Å²) in [6, 6.07) is 2.65. The predicted octanol–water partition coefficient (Wildman–Crippen LogP) is 1.78. The smallest absolute Gasteiger partial charge is 0.313 e. The molecule has 2 aromatic heterocycles. The normalized spacial score (nSPS) is 10.9. The summed E-state index contributed by atoms with van der Waals surface area (Å²) in [5, 5.41) is 12.6. The quantitative estimate of drug-likeness (QED) is 0.844. The molecule has 100 valence electrons. The number of alkyl halides is 2. The van der Waals surface area contributed by atoms with Crippen LogP contribution in [0.25, 0.3) is 5.82 Å². The van der Waals surface area contributed by atoms with Gasteiger partial charge in [0, 0.05) is 12.3 Å². The first-order valence-corrected chi connectivity index (χ1v) is 6.05. The van der Waals surface area contributed by atoms with E-state index in [2.05, 4.69) is 15.1 Å². The molecule has 0 aliphatic heterocycles. The van der Waals surface area contributed by atoms with Gasteiger partial charge in [-0.15, -0.1) is 0 Å². The topological polar surface area (TPSA) is 80.9 Å². The fraction of sp³-hybridized carbons (Fsp3) is 0.200. The van der Waals surface area contributed by atoms with Crippen LogP contribution in [0.2, 0.25) is 0 Å². The molecule has 0 radical (unpaired) electrons. The van der Waals surface area contributed by atoms with Crippen molar-refractivity contribution in [3.05, 3.63) is 30.4 Å². The van der Waals surface area contributed by atoms with E-state index in [1.807, 2.05) is 0 Å². The maximum Gasteiger partial charge on any atom is 0.313 e. The molecule has 0 aliphatic carbocycles. The maximum atomic E-state index is 12.6. The lowest BCUT2D eigenvalue weighted by Gasteiger charge is -2.03. The summed E-state index contributed by atoms with van der Waals surface area (Å²) in [5.41, 5.74) is -0.425. The van der Waals surface area contributed by atoms with E-state index in [1.165, 1.54) is 23.3 Å². The number of nitrogens with zero attached hydrogens (tertiary/aromatic N) is 4. The van der Waals surface area contributed by atoms with E-state index >= 15 is 0 Å². The molecule has 0 aliphatic rings. The number of hydrogen-bond donors (Lipinski definition) is 1. The Balaban J connectivity index is 2.37. The highest BCUT2D eigenvalue weighted by atomic mass is 32.2. The van der Waals surface area contributed by atoms with Gasteiger partial charge in [0.1, 0.15) is 17.0 Å². The van der Waals surface area contributed by atoms with Crippen LogP contribution in [0.3, 0.4) is 0 Å². The minimum atomic E-state index is -2.73. The van der Waals surface area contributed by atoms with Crippen molar-refractivity contribution >= 4 is 17.7 Å². The van der Waals surface area contributed by atoms with Gasteiger partial charge in [-0.3, -0.25) is 4.79 Å². The molecule has 1 N–H and O–H groups in total. The van der Waals surface area contributed by atoms with Gasteiger partial charge in [0.25, 0.3) is 6.43 Å². The van der Waals surface area contributed by atoms with Crippen molar-refractivity contribution in [1.29, 1.82) is 0 Å². The number of hydrogen-bond acceptors (Lipinski definition) is 5. The Hall–Kier alpha value is -2.03. The highest BCUT2D eigenvalue weighted by molar-refractivity contribution is 7.99. The molecule has 2 heterocycles. The van der Waals surface area contributed by atoms with Crippen molar-refractivity contribution < 1.29 is 18.7 Å². The fourth-order valence-electron chi connectivity index (χ4n) is 1.30. The molecule has 0 saturated heterocycles. The molecule has 0 fully saturated rings. The predicted molar refractivity (Wildman–Crippen MR) is 62.5 cm³/mol. The zero-order valence-electron chi connectivity index (χ0n) is 9.40. The molecule has 0 spiro atoms. The largest absolute Gasteiger partial charge is 0.481 e. The van der Waals surface area contributed by atoms with E-state index in [0.717, 1.165) is 17.8 Å². The van der Waals surface area contributed by atoms with Gasteiger partial charge in [-0.05, 0) is 6.07 Å². The molecule has 0 atom stereocenters. The van der Waals surface area contributed by atoms with Crippen LogP contribution in [0, 0.1) is 0 Å². The number of aromatic nitrogens is 4. The first-order valence-electron chi connectivity index (χ1n) is 5.07. The van der Waals surface area contributed by atoms with Crippen LogP contribution in [0.4, 0.5) is 8.78 Å². The highest BCUT2D eigenvalue weighted by Gasteiger charge is 2.18. The molecule has 0 bridgehead atoms. The minimum Gasteiger partial charge on any atom is -0.481 e. The molecule has 9 heteroatoms. The van der Waals surface area contributed by atoms with Gasteiger partial charge in [-0.2, -0.15) is 5.10 Å². The Morgan fingerprint density at radius 2 is 2.32 bits per heavy atom. The third-order valence-corrected chi connectivity index (χ3v) is 3.02. The van der Waals surface area contributed by atoms with Crippen LogP contribution in [-0.2, 0) is 4.79 Å². The molecule has 0 saturated carbocycles. The zero-order chi connectivity index (χ0) is 13.8. The van der Waals surface area contributed by atoms with Crippen molar-refractivity contribution in [3.63, 3.8) is 0 Å². The van der Waals surface area contributed by atoms with Crippen molar-refractivity contribution in [2.45, 2.75) is 11.5 Å². The number of carbonyl (C=O) groups is 1. The third-order valence-electron chi connectivity index (χ3n) is 2.05. The second kappa shape index (κ2) is 5.74. The van der Waals surface area contributed by atoms with Crippen LogP contribution in [0.15, 0.2) is 29.7 Å². The second-order valence-electron chi connectivity index (χ2n) is 3.37. The minimum absolute atomic E-state index is 0.251. The zero-order valence-corrected chi connectivity index (χ0v) is 10.2. The van der Waals surface area contributed by atoms with Crippen molar-refractivity contribution in [1.82, 2.24) is 19.7 Å². The standard InChI is InChI=1S/C10H8F2N4O2S/c11-10(12)6-3-8(19-4-9(17)18)16(15-6)7-1-2-13-5-14-7/h1-3,5,10H,4H2,(H,17,18). The van der Waals surface area contributed by atoms with Gasteiger partial charge >= 0.3 is 5.97 Å². The average Bonchev–Trinajstić information content (AvgIpc) is 2.81. The number of halogens is 2.